The van der Waals surface area contributed by atoms with Gasteiger partial charge >= 0.3 is 0 Å². The van der Waals surface area contributed by atoms with E-state index >= 15 is 0 Å². The number of piperazine rings is 1. The minimum absolute atomic E-state index is 0.169. The lowest BCUT2D eigenvalue weighted by atomic mass is 10.3. The van der Waals surface area contributed by atoms with Gasteiger partial charge in [-0.2, -0.15) is 0 Å². The van der Waals surface area contributed by atoms with Gasteiger partial charge in [-0.1, -0.05) is 5.16 Å². The van der Waals surface area contributed by atoms with Crippen LogP contribution in [0.1, 0.15) is 26.5 Å². The van der Waals surface area contributed by atoms with Crippen molar-refractivity contribution in [2.24, 2.45) is 4.99 Å². The second-order valence-corrected chi connectivity index (χ2v) is 9.21. The Balaban J connectivity index is 1.74. The molecule has 0 aromatic carbocycles. The Labute approximate surface area is 146 Å². The summed E-state index contributed by atoms with van der Waals surface area (Å²) < 4.78 is 16.8. The van der Waals surface area contributed by atoms with Crippen LogP contribution in [0.5, 0.6) is 0 Å². The average molecular weight is 356 g/mol. The Morgan fingerprint density at radius 1 is 1.38 bits per heavy atom. The van der Waals surface area contributed by atoms with Crippen LogP contribution < -0.4 is 5.32 Å². The highest BCUT2D eigenvalue weighted by atomic mass is 32.2. The molecule has 1 fully saturated rings. The number of hydrogen-bond donors (Lipinski definition) is 1. The molecule has 0 spiro atoms. The van der Waals surface area contributed by atoms with Gasteiger partial charge in [0.05, 0.1) is 5.69 Å². The van der Waals surface area contributed by atoms with Crippen molar-refractivity contribution in [1.29, 1.82) is 0 Å². The molecular formula is C16H29N5O2S. The molecule has 8 heteroatoms. The van der Waals surface area contributed by atoms with Gasteiger partial charge in [0, 0.05) is 73.7 Å². The Morgan fingerprint density at radius 3 is 2.62 bits per heavy atom. The molecule has 136 valence electrons. The molecule has 0 saturated carbocycles. The van der Waals surface area contributed by atoms with Crippen molar-refractivity contribution in [3.63, 3.8) is 0 Å². The van der Waals surface area contributed by atoms with E-state index in [0.29, 0.717) is 12.3 Å². The van der Waals surface area contributed by atoms with Crippen LogP contribution in [-0.4, -0.2) is 75.4 Å². The van der Waals surface area contributed by atoms with Crippen molar-refractivity contribution >= 4 is 16.8 Å². The summed E-state index contributed by atoms with van der Waals surface area (Å²) >= 11 is 0. The summed E-state index contributed by atoms with van der Waals surface area (Å²) in [5.41, 5.74) is 0.968. The third kappa shape index (κ3) is 5.59. The molecule has 1 aliphatic rings. The highest BCUT2D eigenvalue weighted by Crippen LogP contribution is 2.11. The van der Waals surface area contributed by atoms with E-state index < -0.39 is 10.8 Å². The molecule has 1 aromatic rings. The number of rotatable bonds is 5. The lowest BCUT2D eigenvalue weighted by molar-refractivity contribution is 0.169. The van der Waals surface area contributed by atoms with Crippen LogP contribution in [0.15, 0.2) is 21.8 Å². The highest BCUT2D eigenvalue weighted by Gasteiger charge is 2.21. The number of aliphatic imine (C=N–C) groups is 1. The van der Waals surface area contributed by atoms with E-state index in [1.54, 1.807) is 13.3 Å². The maximum absolute atomic E-state index is 12.1. The molecule has 1 saturated heterocycles. The molecule has 0 radical (unpaired) electrons. The fraction of sp³-hybridized carbons (Fsp3) is 0.750. The molecule has 0 amide bonds. The van der Waals surface area contributed by atoms with Gasteiger partial charge in [-0.25, -0.2) is 0 Å². The SMILES string of the molecule is CN=C(NCCS(=O)C(C)(C)C)N1CCN(Cc2ccon2)CC1. The van der Waals surface area contributed by atoms with Gasteiger partial charge in [-0.3, -0.25) is 14.1 Å². The van der Waals surface area contributed by atoms with E-state index in [-0.39, 0.29) is 4.75 Å². The second-order valence-electron chi connectivity index (χ2n) is 6.89. The second kappa shape index (κ2) is 8.62. The van der Waals surface area contributed by atoms with Crippen molar-refractivity contribution < 1.29 is 8.73 Å². The van der Waals surface area contributed by atoms with E-state index in [1.807, 2.05) is 26.8 Å². The minimum Gasteiger partial charge on any atom is -0.364 e. The molecule has 24 heavy (non-hydrogen) atoms. The smallest absolute Gasteiger partial charge is 0.193 e. The van der Waals surface area contributed by atoms with Crippen LogP contribution in [-0.2, 0) is 17.3 Å². The number of aromatic nitrogens is 1. The maximum Gasteiger partial charge on any atom is 0.193 e. The van der Waals surface area contributed by atoms with E-state index in [0.717, 1.165) is 44.4 Å². The standard InChI is InChI=1S/C16H29N5O2S/c1-16(2,3)24(22)12-6-18-15(17-4)21-9-7-20(8-10-21)13-14-5-11-23-19-14/h5,11H,6-10,12-13H2,1-4H3,(H,17,18). The third-order valence-corrected chi connectivity index (χ3v) is 5.96. The summed E-state index contributed by atoms with van der Waals surface area (Å²) in [4.78, 5) is 8.96. The number of nitrogens with one attached hydrogen (secondary N) is 1. The molecular weight excluding hydrogens is 326 g/mol. The van der Waals surface area contributed by atoms with E-state index in [9.17, 15) is 4.21 Å². The quantitative estimate of drug-likeness (QED) is 0.625. The minimum atomic E-state index is -0.845. The predicted molar refractivity (Wildman–Crippen MR) is 97.5 cm³/mol. The first-order valence-electron chi connectivity index (χ1n) is 8.36. The summed E-state index contributed by atoms with van der Waals surface area (Å²) in [6.45, 7) is 11.3. The average Bonchev–Trinajstić information content (AvgIpc) is 3.04. The highest BCUT2D eigenvalue weighted by molar-refractivity contribution is 7.86. The fourth-order valence-electron chi connectivity index (χ4n) is 2.56. The first kappa shape index (κ1) is 18.9. The summed E-state index contributed by atoms with van der Waals surface area (Å²) in [6.07, 6.45) is 1.61. The van der Waals surface area contributed by atoms with Crippen molar-refractivity contribution in [3.8, 4) is 0 Å². The summed E-state index contributed by atoms with van der Waals surface area (Å²) in [7, 11) is 0.951. The van der Waals surface area contributed by atoms with Crippen LogP contribution >= 0.6 is 0 Å². The van der Waals surface area contributed by atoms with Gasteiger partial charge in [-0.15, -0.1) is 0 Å². The topological polar surface area (TPSA) is 74.0 Å². The van der Waals surface area contributed by atoms with E-state index in [1.165, 1.54) is 0 Å². The maximum atomic E-state index is 12.1. The third-order valence-electron chi connectivity index (χ3n) is 4.01. The molecule has 7 nitrogen and oxygen atoms in total. The zero-order chi connectivity index (χ0) is 17.6. The number of guanidine groups is 1. The Morgan fingerprint density at radius 2 is 2.08 bits per heavy atom. The molecule has 2 rings (SSSR count). The zero-order valence-electron chi connectivity index (χ0n) is 15.1. The summed E-state index contributed by atoms with van der Waals surface area (Å²) in [5.74, 6) is 1.52. The monoisotopic (exact) mass is 355 g/mol. The number of hydrogen-bond acceptors (Lipinski definition) is 5. The number of nitrogens with zero attached hydrogens (tertiary/aromatic N) is 4. The molecule has 1 atom stereocenters. The Hall–Kier alpha value is -1.41. The van der Waals surface area contributed by atoms with Crippen LogP contribution in [0.2, 0.25) is 0 Å². The van der Waals surface area contributed by atoms with Gasteiger partial charge in [-0.05, 0) is 20.8 Å². The largest absolute Gasteiger partial charge is 0.364 e. The zero-order valence-corrected chi connectivity index (χ0v) is 15.9. The molecule has 0 aliphatic carbocycles. The Kier molecular flexibility index (Phi) is 6.79. The fourth-order valence-corrected chi connectivity index (χ4v) is 3.46. The molecule has 1 unspecified atom stereocenters. The van der Waals surface area contributed by atoms with Crippen LogP contribution in [0.4, 0.5) is 0 Å². The van der Waals surface area contributed by atoms with E-state index in [4.69, 9.17) is 4.52 Å². The molecule has 1 N–H and O–H groups in total. The van der Waals surface area contributed by atoms with Gasteiger partial charge in [0.1, 0.15) is 6.26 Å². The van der Waals surface area contributed by atoms with E-state index in [2.05, 4.69) is 25.3 Å². The predicted octanol–water partition coefficient (Wildman–Crippen LogP) is 0.915. The normalized spacial score (nSPS) is 18.7. The lowest BCUT2D eigenvalue weighted by Gasteiger charge is -2.36. The van der Waals surface area contributed by atoms with Gasteiger partial charge in [0.25, 0.3) is 0 Å². The summed E-state index contributed by atoms with van der Waals surface area (Å²) in [6, 6.07) is 1.90. The van der Waals surface area contributed by atoms with Crippen LogP contribution in [0, 0.1) is 0 Å². The first-order chi connectivity index (χ1) is 11.4. The molecule has 1 aromatic heterocycles. The van der Waals surface area contributed by atoms with Crippen LogP contribution in [0.3, 0.4) is 0 Å². The van der Waals surface area contributed by atoms with Crippen LogP contribution in [0.25, 0.3) is 0 Å². The Bertz CT molecular complexity index is 545. The molecule has 1 aliphatic heterocycles. The van der Waals surface area contributed by atoms with Crippen molar-refractivity contribution in [1.82, 2.24) is 20.3 Å². The van der Waals surface area contributed by atoms with Crippen molar-refractivity contribution in [2.75, 3.05) is 45.5 Å². The first-order valence-corrected chi connectivity index (χ1v) is 9.67. The van der Waals surface area contributed by atoms with Gasteiger partial charge < -0.3 is 14.7 Å². The lowest BCUT2D eigenvalue weighted by Crippen LogP contribution is -2.52. The van der Waals surface area contributed by atoms with Crippen molar-refractivity contribution in [3.05, 3.63) is 18.0 Å². The molecule has 2 heterocycles. The van der Waals surface area contributed by atoms with Gasteiger partial charge in [0.15, 0.2) is 5.96 Å². The van der Waals surface area contributed by atoms with Crippen molar-refractivity contribution in [2.45, 2.75) is 32.1 Å². The summed E-state index contributed by atoms with van der Waals surface area (Å²) in [5, 5.41) is 7.30. The van der Waals surface area contributed by atoms with Gasteiger partial charge in [0.2, 0.25) is 0 Å². The molecule has 0 bridgehead atoms.